The first kappa shape index (κ1) is 14.2. The molecule has 0 aliphatic heterocycles. The van der Waals surface area contributed by atoms with E-state index in [-0.39, 0.29) is 17.3 Å². The van der Waals surface area contributed by atoms with E-state index in [1.165, 1.54) is 12.1 Å². The molecule has 0 bridgehead atoms. The first-order valence-corrected chi connectivity index (χ1v) is 6.08. The van der Waals surface area contributed by atoms with Crippen molar-refractivity contribution in [3.05, 3.63) is 35.7 Å². The van der Waals surface area contributed by atoms with Crippen LogP contribution in [0.5, 0.6) is 0 Å². The average molecular weight is 282 g/mol. The van der Waals surface area contributed by atoms with E-state index in [0.29, 0.717) is 12.2 Å². The van der Waals surface area contributed by atoms with Crippen LogP contribution >= 0.6 is 0 Å². The van der Waals surface area contributed by atoms with Crippen LogP contribution in [0.1, 0.15) is 24.7 Å². The van der Waals surface area contributed by atoms with Crippen LogP contribution in [0.4, 0.5) is 19.1 Å². The number of alkyl halides is 3. The van der Waals surface area contributed by atoms with E-state index in [9.17, 15) is 13.2 Å². The summed E-state index contributed by atoms with van der Waals surface area (Å²) in [6, 6.07) is 4.84. The Morgan fingerprint density at radius 1 is 1.15 bits per heavy atom. The van der Waals surface area contributed by atoms with Crippen molar-refractivity contribution < 1.29 is 13.2 Å². The van der Waals surface area contributed by atoms with Gasteiger partial charge in [-0.05, 0) is 18.6 Å². The van der Waals surface area contributed by atoms with Crippen LogP contribution in [-0.2, 0) is 12.6 Å². The van der Waals surface area contributed by atoms with Crippen molar-refractivity contribution in [2.75, 3.05) is 5.73 Å². The molecule has 0 spiro atoms. The molecular weight excluding hydrogens is 269 g/mol. The Labute approximate surface area is 113 Å². The summed E-state index contributed by atoms with van der Waals surface area (Å²) in [4.78, 5) is 12.0. The molecule has 0 unspecified atom stereocenters. The maximum Gasteiger partial charge on any atom is 0.416 e. The topological polar surface area (TPSA) is 64.7 Å². The van der Waals surface area contributed by atoms with Gasteiger partial charge in [-0.2, -0.15) is 23.1 Å². The zero-order valence-electron chi connectivity index (χ0n) is 10.8. The van der Waals surface area contributed by atoms with Crippen LogP contribution in [-0.4, -0.2) is 15.0 Å². The molecular formula is C13H13F3N4. The second kappa shape index (κ2) is 5.44. The predicted molar refractivity (Wildman–Crippen MR) is 68.7 cm³/mol. The van der Waals surface area contributed by atoms with Gasteiger partial charge in [0.05, 0.1) is 5.56 Å². The summed E-state index contributed by atoms with van der Waals surface area (Å²) >= 11 is 0. The van der Waals surface area contributed by atoms with Crippen LogP contribution in [0.25, 0.3) is 11.4 Å². The van der Waals surface area contributed by atoms with Gasteiger partial charge in [0.1, 0.15) is 5.82 Å². The number of aromatic nitrogens is 3. The third kappa shape index (κ3) is 3.23. The smallest absolute Gasteiger partial charge is 0.368 e. The second-order valence-electron chi connectivity index (χ2n) is 4.26. The van der Waals surface area contributed by atoms with Gasteiger partial charge in [-0.25, -0.2) is 4.98 Å². The molecule has 4 nitrogen and oxygen atoms in total. The lowest BCUT2D eigenvalue weighted by Crippen LogP contribution is -2.07. The molecule has 106 valence electrons. The van der Waals surface area contributed by atoms with Gasteiger partial charge < -0.3 is 5.73 Å². The molecule has 0 atom stereocenters. The third-order valence-electron chi connectivity index (χ3n) is 2.62. The molecule has 1 aromatic heterocycles. The van der Waals surface area contributed by atoms with Gasteiger partial charge in [0.25, 0.3) is 0 Å². The van der Waals surface area contributed by atoms with Crippen molar-refractivity contribution in [1.82, 2.24) is 15.0 Å². The first-order chi connectivity index (χ1) is 9.40. The molecule has 0 aliphatic carbocycles. The summed E-state index contributed by atoms with van der Waals surface area (Å²) in [5.41, 5.74) is 5.09. The van der Waals surface area contributed by atoms with Crippen LogP contribution < -0.4 is 5.73 Å². The van der Waals surface area contributed by atoms with E-state index in [2.05, 4.69) is 15.0 Å². The maximum absolute atomic E-state index is 12.7. The van der Waals surface area contributed by atoms with Gasteiger partial charge in [0, 0.05) is 12.0 Å². The number of benzene rings is 1. The Kier molecular flexibility index (Phi) is 3.87. The van der Waals surface area contributed by atoms with Crippen LogP contribution in [0, 0.1) is 0 Å². The minimum atomic E-state index is -4.40. The molecule has 2 rings (SSSR count). The number of rotatable bonds is 3. The molecule has 7 heteroatoms. The number of halogens is 3. The molecule has 1 heterocycles. The van der Waals surface area contributed by atoms with Gasteiger partial charge in [-0.15, -0.1) is 0 Å². The van der Waals surface area contributed by atoms with Crippen molar-refractivity contribution in [1.29, 1.82) is 0 Å². The van der Waals surface area contributed by atoms with E-state index >= 15 is 0 Å². The van der Waals surface area contributed by atoms with Gasteiger partial charge >= 0.3 is 6.18 Å². The highest BCUT2D eigenvalue weighted by Crippen LogP contribution is 2.31. The Morgan fingerprint density at radius 3 is 2.55 bits per heavy atom. The fourth-order valence-electron chi connectivity index (χ4n) is 1.74. The van der Waals surface area contributed by atoms with Gasteiger partial charge in [0.15, 0.2) is 5.82 Å². The number of nitrogens with two attached hydrogens (primary N) is 1. The average Bonchev–Trinajstić information content (AvgIpc) is 2.37. The summed E-state index contributed by atoms with van der Waals surface area (Å²) in [7, 11) is 0. The molecule has 1 aromatic carbocycles. The minimum Gasteiger partial charge on any atom is -0.368 e. The van der Waals surface area contributed by atoms with Crippen LogP contribution in [0.2, 0.25) is 0 Å². The lowest BCUT2D eigenvalue weighted by molar-refractivity contribution is -0.137. The molecule has 0 radical (unpaired) electrons. The van der Waals surface area contributed by atoms with Crippen molar-refractivity contribution >= 4 is 5.95 Å². The fraction of sp³-hybridized carbons (Fsp3) is 0.308. The second-order valence-corrected chi connectivity index (χ2v) is 4.26. The van der Waals surface area contributed by atoms with E-state index in [4.69, 9.17) is 5.73 Å². The number of anilines is 1. The van der Waals surface area contributed by atoms with Crippen molar-refractivity contribution in [3.8, 4) is 11.4 Å². The maximum atomic E-state index is 12.7. The lowest BCUT2D eigenvalue weighted by Gasteiger charge is -2.09. The highest BCUT2D eigenvalue weighted by molar-refractivity contribution is 5.57. The van der Waals surface area contributed by atoms with Crippen LogP contribution in [0.3, 0.4) is 0 Å². The molecule has 2 aromatic rings. The zero-order valence-corrected chi connectivity index (χ0v) is 10.8. The molecule has 0 fully saturated rings. The molecule has 0 saturated carbocycles. The van der Waals surface area contributed by atoms with Gasteiger partial charge in [-0.3, -0.25) is 0 Å². The fourth-order valence-corrected chi connectivity index (χ4v) is 1.74. The Balaban J connectivity index is 2.46. The normalized spacial score (nSPS) is 11.6. The minimum absolute atomic E-state index is 0.0101. The van der Waals surface area contributed by atoms with Crippen molar-refractivity contribution in [2.24, 2.45) is 0 Å². The SMILES string of the molecule is CCCc1nc(N)nc(-c2cccc(C(F)(F)F)c2)n1. The highest BCUT2D eigenvalue weighted by atomic mass is 19.4. The summed E-state index contributed by atoms with van der Waals surface area (Å²) < 4.78 is 38.1. The highest BCUT2D eigenvalue weighted by Gasteiger charge is 2.30. The van der Waals surface area contributed by atoms with E-state index < -0.39 is 11.7 Å². The summed E-state index contributed by atoms with van der Waals surface area (Å²) in [6.45, 7) is 1.95. The predicted octanol–water partition coefficient (Wildman–Crippen LogP) is 3.09. The number of hydrogen-bond acceptors (Lipinski definition) is 4. The Bertz CT molecular complexity index is 611. The largest absolute Gasteiger partial charge is 0.416 e. The summed E-state index contributed by atoms with van der Waals surface area (Å²) in [5, 5.41) is 0. The number of hydrogen-bond donors (Lipinski definition) is 1. The van der Waals surface area contributed by atoms with E-state index in [1.807, 2.05) is 6.92 Å². The third-order valence-corrected chi connectivity index (χ3v) is 2.62. The number of nitrogen functional groups attached to an aromatic ring is 1. The summed E-state index contributed by atoms with van der Waals surface area (Å²) in [5.74, 6) is 0.648. The number of aryl methyl sites for hydroxylation is 1. The van der Waals surface area contributed by atoms with Gasteiger partial charge in [-0.1, -0.05) is 19.1 Å². The monoisotopic (exact) mass is 282 g/mol. The standard InChI is InChI=1S/C13H13F3N4/c1-2-4-10-18-11(20-12(17)19-10)8-5-3-6-9(7-8)13(14,15)16/h3,5-7H,2,4H2,1H3,(H2,17,18,19,20). The quantitative estimate of drug-likeness (QED) is 0.939. The molecule has 20 heavy (non-hydrogen) atoms. The van der Waals surface area contributed by atoms with E-state index in [0.717, 1.165) is 18.6 Å². The van der Waals surface area contributed by atoms with Crippen LogP contribution in [0.15, 0.2) is 24.3 Å². The van der Waals surface area contributed by atoms with Gasteiger partial charge in [0.2, 0.25) is 5.95 Å². The molecule has 0 aliphatic rings. The van der Waals surface area contributed by atoms with Crippen molar-refractivity contribution in [2.45, 2.75) is 25.9 Å². The Hall–Kier alpha value is -2.18. The first-order valence-electron chi connectivity index (χ1n) is 6.08. The molecule has 2 N–H and O–H groups in total. The molecule has 0 saturated heterocycles. The van der Waals surface area contributed by atoms with E-state index in [1.54, 1.807) is 0 Å². The molecule has 0 amide bonds. The van der Waals surface area contributed by atoms with Crippen molar-refractivity contribution in [3.63, 3.8) is 0 Å². The lowest BCUT2D eigenvalue weighted by atomic mass is 10.1. The Morgan fingerprint density at radius 2 is 1.90 bits per heavy atom. The summed E-state index contributed by atoms with van der Waals surface area (Å²) in [6.07, 6.45) is -3.00. The zero-order chi connectivity index (χ0) is 14.8. The number of nitrogens with zero attached hydrogens (tertiary/aromatic N) is 3.